The summed E-state index contributed by atoms with van der Waals surface area (Å²) in [6, 6.07) is 5.28. The quantitative estimate of drug-likeness (QED) is 0.625. The van der Waals surface area contributed by atoms with Crippen LogP contribution in [0.2, 0.25) is 0 Å². The molecule has 0 amide bonds. The second kappa shape index (κ2) is 5.71. The first-order valence-electron chi connectivity index (χ1n) is 5.64. The molecule has 2 aromatic rings. The maximum absolute atomic E-state index is 11.1. The normalized spacial score (nSPS) is 9.77. The number of rotatable bonds is 4. The fourth-order valence-electron chi connectivity index (χ4n) is 1.55. The Hall–Kier alpha value is -3.74. The maximum atomic E-state index is 11.1. The fraction of sp³-hybridized carbons (Fsp3) is 0. The zero-order valence-corrected chi connectivity index (χ0v) is 10.8. The predicted molar refractivity (Wildman–Crippen MR) is 71.3 cm³/mol. The Morgan fingerprint density at radius 3 is 2.82 bits per heavy atom. The highest BCUT2D eigenvalue weighted by molar-refractivity contribution is 5.91. The van der Waals surface area contributed by atoms with Crippen molar-refractivity contribution in [3.63, 3.8) is 0 Å². The number of hydrogen-bond donors (Lipinski definition) is 2. The maximum Gasteiger partial charge on any atom is 0.349 e. The van der Waals surface area contributed by atoms with Gasteiger partial charge in [-0.05, 0) is 18.2 Å². The fourth-order valence-corrected chi connectivity index (χ4v) is 1.55. The minimum Gasteiger partial charge on any atom is -0.478 e. The minimum absolute atomic E-state index is 0.0439. The summed E-state index contributed by atoms with van der Waals surface area (Å²) in [6.07, 6.45) is 0.874. The topological polar surface area (TPSA) is 165 Å². The average Bonchev–Trinajstić information content (AvgIpc) is 2.46. The van der Waals surface area contributed by atoms with E-state index >= 15 is 0 Å². The number of aromatic carboxylic acids is 1. The Labute approximate surface area is 122 Å². The molecule has 0 saturated carbocycles. The van der Waals surface area contributed by atoms with Crippen LogP contribution in [0.4, 0.5) is 11.6 Å². The van der Waals surface area contributed by atoms with E-state index in [1.165, 1.54) is 12.1 Å². The summed E-state index contributed by atoms with van der Waals surface area (Å²) < 4.78 is 5.20. The number of nitro groups is 1. The van der Waals surface area contributed by atoms with Gasteiger partial charge in [0.15, 0.2) is 0 Å². The Bertz CT molecular complexity index is 814. The monoisotopic (exact) mass is 301 g/mol. The summed E-state index contributed by atoms with van der Waals surface area (Å²) in [5, 5.41) is 28.7. The highest BCUT2D eigenvalue weighted by Crippen LogP contribution is 2.30. The van der Waals surface area contributed by atoms with Crippen LogP contribution in [0.5, 0.6) is 11.6 Å². The molecule has 1 aromatic heterocycles. The van der Waals surface area contributed by atoms with E-state index in [0.29, 0.717) is 0 Å². The molecule has 0 atom stereocenters. The Kier molecular flexibility index (Phi) is 3.81. The van der Waals surface area contributed by atoms with Crippen molar-refractivity contribution in [3.8, 4) is 17.7 Å². The summed E-state index contributed by atoms with van der Waals surface area (Å²) in [6.45, 7) is 0. The standard InChI is InChI=1S/C12H7N5O5/c13-4-6-1-2-7(3-8(6)11(18)19)22-10-9(17(20)21)5-15-12(14)16-10/h1-3,5H,(H,18,19)(H2,14,15,16). The predicted octanol–water partition coefficient (Wildman–Crippen LogP) is 1.33. The number of hydrogen-bond acceptors (Lipinski definition) is 8. The molecule has 2 rings (SSSR count). The van der Waals surface area contributed by atoms with Crippen LogP contribution in [0.3, 0.4) is 0 Å². The van der Waals surface area contributed by atoms with Crippen LogP contribution >= 0.6 is 0 Å². The van der Waals surface area contributed by atoms with Crippen molar-refractivity contribution in [2.24, 2.45) is 0 Å². The second-order valence-electron chi connectivity index (χ2n) is 3.90. The van der Waals surface area contributed by atoms with Crippen LogP contribution < -0.4 is 10.5 Å². The lowest BCUT2D eigenvalue weighted by Crippen LogP contribution is -2.03. The van der Waals surface area contributed by atoms with Gasteiger partial charge in [-0.2, -0.15) is 10.2 Å². The Morgan fingerprint density at radius 1 is 1.50 bits per heavy atom. The lowest BCUT2D eigenvalue weighted by molar-refractivity contribution is -0.386. The minimum atomic E-state index is -1.33. The third-order valence-corrected chi connectivity index (χ3v) is 2.51. The number of nitrogens with two attached hydrogens (primary N) is 1. The van der Waals surface area contributed by atoms with E-state index in [9.17, 15) is 14.9 Å². The highest BCUT2D eigenvalue weighted by atomic mass is 16.6. The van der Waals surface area contributed by atoms with E-state index in [-0.39, 0.29) is 22.8 Å². The molecule has 3 N–H and O–H groups in total. The lowest BCUT2D eigenvalue weighted by atomic mass is 10.1. The zero-order chi connectivity index (χ0) is 16.3. The third kappa shape index (κ3) is 2.88. The molecule has 0 saturated heterocycles. The van der Waals surface area contributed by atoms with Crippen molar-refractivity contribution in [1.29, 1.82) is 5.26 Å². The van der Waals surface area contributed by atoms with Crippen LogP contribution in [0.1, 0.15) is 15.9 Å². The van der Waals surface area contributed by atoms with Gasteiger partial charge in [0.05, 0.1) is 16.1 Å². The van der Waals surface area contributed by atoms with E-state index in [4.69, 9.17) is 20.8 Å². The lowest BCUT2D eigenvalue weighted by Gasteiger charge is -2.07. The Morgan fingerprint density at radius 2 is 2.23 bits per heavy atom. The summed E-state index contributed by atoms with van der Waals surface area (Å²) in [5.41, 5.74) is 4.44. The molecule has 0 spiro atoms. The number of anilines is 1. The highest BCUT2D eigenvalue weighted by Gasteiger charge is 2.20. The summed E-state index contributed by atoms with van der Waals surface area (Å²) in [5.74, 6) is -2.05. The van der Waals surface area contributed by atoms with E-state index in [1.807, 2.05) is 0 Å². The van der Waals surface area contributed by atoms with Gasteiger partial charge in [-0.15, -0.1) is 0 Å². The summed E-state index contributed by atoms with van der Waals surface area (Å²) in [7, 11) is 0. The molecule has 10 heteroatoms. The van der Waals surface area contributed by atoms with Crippen molar-refractivity contribution in [2.75, 3.05) is 5.73 Å². The van der Waals surface area contributed by atoms with Gasteiger partial charge >= 0.3 is 17.5 Å². The number of carboxylic acids is 1. The molecule has 0 aliphatic heterocycles. The molecule has 0 radical (unpaired) electrons. The van der Waals surface area contributed by atoms with Crippen molar-refractivity contribution in [1.82, 2.24) is 9.97 Å². The Balaban J connectivity index is 2.46. The molecule has 10 nitrogen and oxygen atoms in total. The number of carboxylic acid groups (broad SMARTS) is 1. The summed E-state index contributed by atoms with van der Waals surface area (Å²) >= 11 is 0. The third-order valence-electron chi connectivity index (χ3n) is 2.51. The molecule has 0 unspecified atom stereocenters. The summed E-state index contributed by atoms with van der Waals surface area (Å²) in [4.78, 5) is 28.2. The van der Waals surface area contributed by atoms with Crippen molar-refractivity contribution < 1.29 is 19.6 Å². The molecule has 22 heavy (non-hydrogen) atoms. The SMILES string of the molecule is N#Cc1ccc(Oc2nc(N)ncc2[N+](=O)[O-])cc1C(=O)O. The van der Waals surface area contributed by atoms with Gasteiger partial charge in [-0.25, -0.2) is 9.78 Å². The van der Waals surface area contributed by atoms with Gasteiger partial charge in [0, 0.05) is 0 Å². The molecular formula is C12H7N5O5. The van der Waals surface area contributed by atoms with Gasteiger partial charge < -0.3 is 15.6 Å². The van der Waals surface area contributed by atoms with Crippen LogP contribution in [0.25, 0.3) is 0 Å². The van der Waals surface area contributed by atoms with Gasteiger partial charge in [-0.3, -0.25) is 10.1 Å². The molecule has 0 fully saturated rings. The van der Waals surface area contributed by atoms with Gasteiger partial charge in [0.25, 0.3) is 0 Å². The van der Waals surface area contributed by atoms with Crippen molar-refractivity contribution >= 4 is 17.6 Å². The van der Waals surface area contributed by atoms with Crippen LogP contribution in [0.15, 0.2) is 24.4 Å². The van der Waals surface area contributed by atoms with E-state index in [0.717, 1.165) is 12.3 Å². The molecule has 1 heterocycles. The van der Waals surface area contributed by atoms with Crippen molar-refractivity contribution in [2.45, 2.75) is 0 Å². The number of nitriles is 1. The molecule has 0 aliphatic rings. The molecule has 0 bridgehead atoms. The molecule has 0 aliphatic carbocycles. The largest absolute Gasteiger partial charge is 0.478 e. The first-order valence-corrected chi connectivity index (χ1v) is 5.64. The number of carbonyl (C=O) groups is 1. The van der Waals surface area contributed by atoms with E-state index in [2.05, 4.69) is 9.97 Å². The van der Waals surface area contributed by atoms with Gasteiger partial charge in [0.1, 0.15) is 18.0 Å². The van der Waals surface area contributed by atoms with Crippen LogP contribution in [0, 0.1) is 21.4 Å². The van der Waals surface area contributed by atoms with Crippen LogP contribution in [-0.2, 0) is 0 Å². The average molecular weight is 301 g/mol. The van der Waals surface area contributed by atoms with Crippen molar-refractivity contribution in [3.05, 3.63) is 45.6 Å². The number of nitrogens with zero attached hydrogens (tertiary/aromatic N) is 4. The number of aromatic nitrogens is 2. The first kappa shape index (κ1) is 14.7. The smallest absolute Gasteiger partial charge is 0.349 e. The molecule has 110 valence electrons. The van der Waals surface area contributed by atoms with E-state index < -0.39 is 22.5 Å². The first-order chi connectivity index (χ1) is 10.4. The number of ether oxygens (including phenoxy) is 1. The second-order valence-corrected chi connectivity index (χ2v) is 3.90. The van der Waals surface area contributed by atoms with Gasteiger partial charge in [-0.1, -0.05) is 0 Å². The number of benzene rings is 1. The molecular weight excluding hydrogens is 294 g/mol. The van der Waals surface area contributed by atoms with Crippen LogP contribution in [-0.4, -0.2) is 26.0 Å². The van der Waals surface area contributed by atoms with E-state index in [1.54, 1.807) is 6.07 Å². The van der Waals surface area contributed by atoms with Gasteiger partial charge in [0.2, 0.25) is 5.95 Å². The molecule has 1 aromatic carbocycles. The zero-order valence-electron chi connectivity index (χ0n) is 10.8. The number of nitrogen functional groups attached to an aromatic ring is 1.